The maximum Gasteiger partial charge on any atom is 0.270 e. The number of hydrogen-bond acceptors (Lipinski definition) is 5. The zero-order chi connectivity index (χ0) is 19.0. The van der Waals surface area contributed by atoms with E-state index in [0.717, 1.165) is 36.3 Å². The Hall–Kier alpha value is -2.96. The van der Waals surface area contributed by atoms with E-state index in [9.17, 15) is 4.79 Å². The predicted molar refractivity (Wildman–Crippen MR) is 101 cm³/mol. The monoisotopic (exact) mass is 365 g/mol. The van der Waals surface area contributed by atoms with Crippen LogP contribution < -0.4 is 10.1 Å². The van der Waals surface area contributed by atoms with Crippen LogP contribution in [0, 0.1) is 0 Å². The summed E-state index contributed by atoms with van der Waals surface area (Å²) in [4.78, 5) is 21.5. The van der Waals surface area contributed by atoms with Crippen LogP contribution in [-0.2, 0) is 6.42 Å². The second-order valence-corrected chi connectivity index (χ2v) is 7.18. The lowest BCUT2D eigenvalue weighted by molar-refractivity contribution is 0.0927. The molecule has 4 rings (SSSR count). The van der Waals surface area contributed by atoms with E-state index < -0.39 is 0 Å². The molecule has 0 spiro atoms. The van der Waals surface area contributed by atoms with Gasteiger partial charge in [-0.2, -0.15) is 10.1 Å². The van der Waals surface area contributed by atoms with Crippen molar-refractivity contribution in [3.63, 3.8) is 0 Å². The first kappa shape index (κ1) is 17.5. The average molecular weight is 365 g/mol. The molecule has 1 aliphatic rings. The summed E-state index contributed by atoms with van der Waals surface area (Å²) in [5.74, 6) is 1.31. The molecule has 1 N–H and O–H groups in total. The van der Waals surface area contributed by atoms with Crippen molar-refractivity contribution in [1.29, 1.82) is 0 Å². The molecule has 1 aromatic carbocycles. The molecule has 1 amide bonds. The van der Waals surface area contributed by atoms with Crippen molar-refractivity contribution in [1.82, 2.24) is 24.9 Å². The van der Waals surface area contributed by atoms with Crippen LogP contribution in [0.15, 0.2) is 30.6 Å². The van der Waals surface area contributed by atoms with Gasteiger partial charge in [0, 0.05) is 0 Å². The molecule has 0 unspecified atom stereocenters. The maximum atomic E-state index is 12.9. The van der Waals surface area contributed by atoms with Crippen LogP contribution in [0.2, 0.25) is 0 Å². The molecular formula is C20H23N5O2. The third kappa shape index (κ3) is 3.25. The van der Waals surface area contributed by atoms with Gasteiger partial charge in [-0.05, 0) is 54.5 Å². The lowest BCUT2D eigenvalue weighted by Gasteiger charge is -2.26. The van der Waals surface area contributed by atoms with Gasteiger partial charge in [0.05, 0.1) is 18.8 Å². The van der Waals surface area contributed by atoms with E-state index in [2.05, 4.69) is 40.3 Å². The first-order valence-electron chi connectivity index (χ1n) is 9.25. The van der Waals surface area contributed by atoms with Crippen molar-refractivity contribution >= 4 is 11.7 Å². The number of hydrogen-bond donors (Lipinski definition) is 1. The second-order valence-electron chi connectivity index (χ2n) is 7.18. The van der Waals surface area contributed by atoms with E-state index in [1.54, 1.807) is 17.7 Å². The molecule has 1 aliphatic carbocycles. The van der Waals surface area contributed by atoms with E-state index in [-0.39, 0.29) is 17.9 Å². The summed E-state index contributed by atoms with van der Waals surface area (Å²) in [6.45, 7) is 4.12. The van der Waals surface area contributed by atoms with Crippen LogP contribution >= 0.6 is 0 Å². The van der Waals surface area contributed by atoms with Crippen molar-refractivity contribution < 1.29 is 9.53 Å². The zero-order valence-corrected chi connectivity index (χ0v) is 15.8. The summed E-state index contributed by atoms with van der Waals surface area (Å²) in [6, 6.07) is 7.84. The highest BCUT2D eigenvalue weighted by atomic mass is 16.5. The zero-order valence-electron chi connectivity index (χ0n) is 15.8. The number of methoxy groups -OCH3 is 1. The highest BCUT2D eigenvalue weighted by Gasteiger charge is 2.24. The Morgan fingerprint density at radius 3 is 2.96 bits per heavy atom. The van der Waals surface area contributed by atoms with Crippen molar-refractivity contribution in [2.45, 2.75) is 45.1 Å². The summed E-state index contributed by atoms with van der Waals surface area (Å²) in [5, 5.41) is 7.35. The second kappa shape index (κ2) is 6.98. The topological polar surface area (TPSA) is 81.4 Å². The van der Waals surface area contributed by atoms with Crippen LogP contribution in [-0.4, -0.2) is 32.6 Å². The minimum absolute atomic E-state index is 0.0226. The molecule has 0 fully saturated rings. The van der Waals surface area contributed by atoms with Crippen LogP contribution in [0.4, 0.5) is 0 Å². The molecule has 0 aliphatic heterocycles. The SMILES string of the molecule is COc1ccc2c(c1)CCC[C@@H]2NC(=O)c1cc(C(C)C)n2ncnc2n1. The predicted octanol–water partition coefficient (Wildman–Crippen LogP) is 3.06. The molecule has 140 valence electrons. The van der Waals surface area contributed by atoms with E-state index in [0.29, 0.717) is 11.5 Å². The van der Waals surface area contributed by atoms with Gasteiger partial charge in [-0.3, -0.25) is 4.79 Å². The summed E-state index contributed by atoms with van der Waals surface area (Å²) in [5.41, 5.74) is 3.67. The number of aromatic nitrogens is 4. The molecule has 0 radical (unpaired) electrons. The molecule has 7 heteroatoms. The Morgan fingerprint density at radius 2 is 2.19 bits per heavy atom. The minimum atomic E-state index is -0.184. The highest BCUT2D eigenvalue weighted by molar-refractivity contribution is 5.93. The number of fused-ring (bicyclic) bond motifs is 2. The molecule has 3 aromatic rings. The van der Waals surface area contributed by atoms with Gasteiger partial charge in [0.25, 0.3) is 11.7 Å². The van der Waals surface area contributed by atoms with Gasteiger partial charge in [-0.15, -0.1) is 0 Å². The molecule has 0 saturated carbocycles. The number of rotatable bonds is 4. The Labute approximate surface area is 157 Å². The highest BCUT2D eigenvalue weighted by Crippen LogP contribution is 2.32. The maximum absolute atomic E-state index is 12.9. The summed E-state index contributed by atoms with van der Waals surface area (Å²) < 4.78 is 7.01. The number of amides is 1. The molecule has 2 heterocycles. The van der Waals surface area contributed by atoms with Gasteiger partial charge < -0.3 is 10.1 Å². The largest absolute Gasteiger partial charge is 0.497 e. The van der Waals surface area contributed by atoms with Gasteiger partial charge in [0.2, 0.25) is 0 Å². The van der Waals surface area contributed by atoms with Gasteiger partial charge in [-0.1, -0.05) is 19.9 Å². The van der Waals surface area contributed by atoms with Crippen molar-refractivity contribution in [2.24, 2.45) is 0 Å². The third-order valence-corrected chi connectivity index (χ3v) is 5.07. The molecule has 7 nitrogen and oxygen atoms in total. The quantitative estimate of drug-likeness (QED) is 0.768. The van der Waals surface area contributed by atoms with Gasteiger partial charge >= 0.3 is 0 Å². The lowest BCUT2D eigenvalue weighted by Crippen LogP contribution is -2.32. The average Bonchev–Trinajstić information content (AvgIpc) is 3.15. The third-order valence-electron chi connectivity index (χ3n) is 5.07. The first-order chi connectivity index (χ1) is 13.1. The fourth-order valence-corrected chi connectivity index (χ4v) is 3.66. The van der Waals surface area contributed by atoms with Crippen LogP contribution in [0.1, 0.15) is 66.0 Å². The molecule has 0 saturated heterocycles. The molecular weight excluding hydrogens is 342 g/mol. The number of ether oxygens (including phenoxy) is 1. The van der Waals surface area contributed by atoms with Crippen molar-refractivity contribution in [2.75, 3.05) is 7.11 Å². The molecule has 0 bridgehead atoms. The van der Waals surface area contributed by atoms with Crippen molar-refractivity contribution in [3.8, 4) is 5.75 Å². The molecule has 1 atom stereocenters. The first-order valence-corrected chi connectivity index (χ1v) is 9.25. The Morgan fingerprint density at radius 1 is 1.33 bits per heavy atom. The summed E-state index contributed by atoms with van der Waals surface area (Å²) in [7, 11) is 1.67. The Kier molecular flexibility index (Phi) is 4.51. The number of aryl methyl sites for hydroxylation is 1. The van der Waals surface area contributed by atoms with Gasteiger partial charge in [0.1, 0.15) is 17.8 Å². The van der Waals surface area contributed by atoms with Crippen LogP contribution in [0.3, 0.4) is 0 Å². The number of benzene rings is 1. The standard InChI is InChI=1S/C20H23N5O2/c1-12(2)18-10-17(24-20-21-11-22-25(18)20)19(26)23-16-6-4-5-13-9-14(27-3)7-8-15(13)16/h7-12,16H,4-6H2,1-3H3,(H,23,26)/t16-/m0/s1. The number of nitrogens with zero attached hydrogens (tertiary/aromatic N) is 4. The van der Waals surface area contributed by atoms with E-state index in [1.165, 1.54) is 11.9 Å². The Balaban J connectivity index is 1.63. The normalized spacial score (nSPS) is 16.4. The fraction of sp³-hybridized carbons (Fsp3) is 0.400. The fourth-order valence-electron chi connectivity index (χ4n) is 3.66. The lowest BCUT2D eigenvalue weighted by atomic mass is 9.87. The van der Waals surface area contributed by atoms with E-state index in [4.69, 9.17) is 4.74 Å². The minimum Gasteiger partial charge on any atom is -0.497 e. The van der Waals surface area contributed by atoms with E-state index >= 15 is 0 Å². The molecule has 27 heavy (non-hydrogen) atoms. The summed E-state index contributed by atoms with van der Waals surface area (Å²) in [6.07, 6.45) is 4.40. The Bertz CT molecular complexity index is 995. The number of nitrogens with one attached hydrogen (secondary N) is 1. The van der Waals surface area contributed by atoms with Crippen LogP contribution in [0.25, 0.3) is 5.78 Å². The summed E-state index contributed by atoms with van der Waals surface area (Å²) >= 11 is 0. The van der Waals surface area contributed by atoms with Crippen molar-refractivity contribution in [3.05, 3.63) is 53.1 Å². The van der Waals surface area contributed by atoms with E-state index in [1.807, 2.05) is 12.1 Å². The number of carbonyl (C=O) groups is 1. The van der Waals surface area contributed by atoms with Crippen LogP contribution in [0.5, 0.6) is 5.75 Å². The molecule has 2 aromatic heterocycles. The number of carbonyl (C=O) groups excluding carboxylic acids is 1. The van der Waals surface area contributed by atoms with Gasteiger partial charge in [0.15, 0.2) is 0 Å². The smallest absolute Gasteiger partial charge is 0.270 e. The van der Waals surface area contributed by atoms with Gasteiger partial charge in [-0.25, -0.2) is 9.50 Å².